The number of rotatable bonds is 3. The summed E-state index contributed by atoms with van der Waals surface area (Å²) >= 11 is 3.50. The van der Waals surface area contributed by atoms with Gasteiger partial charge in [-0.25, -0.2) is 4.79 Å². The van der Waals surface area contributed by atoms with Crippen LogP contribution in [0.2, 0.25) is 0 Å². The molecule has 6 heteroatoms. The van der Waals surface area contributed by atoms with E-state index in [4.69, 9.17) is 9.47 Å². The summed E-state index contributed by atoms with van der Waals surface area (Å²) in [5.41, 5.74) is 2.18. The standard InChI is InChI=1S/C17H21BrN2O3/c1-20(10-12-4-3-8-22-11-12)17(21)19-15-7-9-23-16-13(15)5-2-6-14(16)18/h2,4-6,15H,3,7-11H2,1H3,(H,19,21). The molecule has 1 atom stereocenters. The van der Waals surface area contributed by atoms with Crippen molar-refractivity contribution in [2.24, 2.45) is 0 Å². The van der Waals surface area contributed by atoms with Crippen LogP contribution in [0.1, 0.15) is 24.4 Å². The Morgan fingerprint density at radius 1 is 1.43 bits per heavy atom. The quantitative estimate of drug-likeness (QED) is 0.818. The summed E-state index contributed by atoms with van der Waals surface area (Å²) in [7, 11) is 1.81. The summed E-state index contributed by atoms with van der Waals surface area (Å²) in [4.78, 5) is 14.2. The fraction of sp³-hybridized carbons (Fsp3) is 0.471. The van der Waals surface area contributed by atoms with Gasteiger partial charge in [0.15, 0.2) is 0 Å². The van der Waals surface area contributed by atoms with Gasteiger partial charge in [-0.15, -0.1) is 0 Å². The number of hydrogen-bond donors (Lipinski definition) is 1. The Kier molecular flexibility index (Phi) is 5.23. The maximum Gasteiger partial charge on any atom is 0.317 e. The maximum atomic E-state index is 12.5. The number of nitrogens with one attached hydrogen (secondary N) is 1. The second kappa shape index (κ2) is 7.36. The zero-order valence-corrected chi connectivity index (χ0v) is 14.8. The van der Waals surface area contributed by atoms with Gasteiger partial charge < -0.3 is 19.7 Å². The molecule has 2 heterocycles. The molecule has 0 aromatic heterocycles. The van der Waals surface area contributed by atoms with E-state index in [0.29, 0.717) is 19.8 Å². The van der Waals surface area contributed by atoms with Crippen LogP contribution in [0.3, 0.4) is 0 Å². The predicted molar refractivity (Wildman–Crippen MR) is 91.7 cm³/mol. The van der Waals surface area contributed by atoms with Crippen LogP contribution < -0.4 is 10.1 Å². The van der Waals surface area contributed by atoms with Crippen LogP contribution >= 0.6 is 15.9 Å². The number of halogens is 1. The molecule has 23 heavy (non-hydrogen) atoms. The molecule has 0 fully saturated rings. The number of fused-ring (bicyclic) bond motifs is 1. The van der Waals surface area contributed by atoms with Crippen LogP contribution in [0.25, 0.3) is 0 Å². The average Bonchev–Trinajstić information content (AvgIpc) is 2.56. The zero-order chi connectivity index (χ0) is 16.2. The molecule has 1 N–H and O–H groups in total. The number of nitrogens with zero attached hydrogens (tertiary/aromatic N) is 1. The fourth-order valence-corrected chi connectivity index (χ4v) is 3.39. The molecule has 1 aromatic carbocycles. The van der Waals surface area contributed by atoms with Crippen molar-refractivity contribution in [1.82, 2.24) is 10.2 Å². The summed E-state index contributed by atoms with van der Waals surface area (Å²) in [5.74, 6) is 0.829. The molecule has 0 radical (unpaired) electrons. The number of benzene rings is 1. The van der Waals surface area contributed by atoms with Gasteiger partial charge >= 0.3 is 6.03 Å². The molecule has 1 aromatic rings. The third kappa shape index (κ3) is 3.87. The van der Waals surface area contributed by atoms with Crippen molar-refractivity contribution >= 4 is 22.0 Å². The number of carbonyl (C=O) groups is 1. The lowest BCUT2D eigenvalue weighted by molar-refractivity contribution is 0.144. The fourth-order valence-electron chi connectivity index (χ4n) is 2.89. The Hall–Kier alpha value is -1.53. The van der Waals surface area contributed by atoms with E-state index in [1.54, 1.807) is 4.90 Å². The molecule has 2 aliphatic heterocycles. The van der Waals surface area contributed by atoms with Crippen LogP contribution in [0, 0.1) is 0 Å². The molecule has 3 rings (SSSR count). The van der Waals surface area contributed by atoms with Crippen molar-refractivity contribution in [2.75, 3.05) is 33.4 Å². The van der Waals surface area contributed by atoms with Crippen molar-refractivity contribution in [3.8, 4) is 5.75 Å². The highest BCUT2D eigenvalue weighted by molar-refractivity contribution is 9.10. The average molecular weight is 381 g/mol. The van der Waals surface area contributed by atoms with Crippen molar-refractivity contribution in [3.05, 3.63) is 39.9 Å². The van der Waals surface area contributed by atoms with Gasteiger partial charge in [-0.2, -0.15) is 0 Å². The van der Waals surface area contributed by atoms with Crippen molar-refractivity contribution in [1.29, 1.82) is 0 Å². The maximum absolute atomic E-state index is 12.5. The van der Waals surface area contributed by atoms with Crippen molar-refractivity contribution in [3.63, 3.8) is 0 Å². The lowest BCUT2D eigenvalue weighted by atomic mass is 10.0. The second-order valence-corrected chi connectivity index (χ2v) is 6.71. The number of hydrogen-bond acceptors (Lipinski definition) is 3. The van der Waals surface area contributed by atoms with Crippen LogP contribution in [0.4, 0.5) is 4.79 Å². The number of amides is 2. The van der Waals surface area contributed by atoms with Crippen LogP contribution in [0.5, 0.6) is 5.75 Å². The topological polar surface area (TPSA) is 50.8 Å². The van der Waals surface area contributed by atoms with Gasteiger partial charge in [0.1, 0.15) is 5.75 Å². The number of para-hydroxylation sites is 1. The van der Waals surface area contributed by atoms with E-state index in [1.165, 1.54) is 0 Å². The van der Waals surface area contributed by atoms with E-state index in [1.807, 2.05) is 25.2 Å². The molecular formula is C17H21BrN2O3. The lowest BCUT2D eigenvalue weighted by Gasteiger charge is -2.29. The van der Waals surface area contributed by atoms with Gasteiger partial charge in [0.25, 0.3) is 0 Å². The largest absolute Gasteiger partial charge is 0.492 e. The smallest absolute Gasteiger partial charge is 0.317 e. The Morgan fingerprint density at radius 2 is 2.30 bits per heavy atom. The van der Waals surface area contributed by atoms with Gasteiger partial charge in [0, 0.05) is 25.6 Å². The van der Waals surface area contributed by atoms with E-state index in [9.17, 15) is 4.79 Å². The minimum absolute atomic E-state index is 0.0252. The van der Waals surface area contributed by atoms with E-state index in [0.717, 1.165) is 40.8 Å². The molecule has 2 amide bonds. The summed E-state index contributed by atoms with van der Waals surface area (Å²) in [6, 6.07) is 5.81. The van der Waals surface area contributed by atoms with Gasteiger partial charge in [-0.05, 0) is 34.0 Å². The molecule has 0 spiro atoms. The third-order valence-electron chi connectivity index (χ3n) is 4.09. The Balaban J connectivity index is 1.64. The Bertz CT molecular complexity index is 618. The zero-order valence-electron chi connectivity index (χ0n) is 13.2. The minimum atomic E-state index is -0.0747. The van der Waals surface area contributed by atoms with E-state index >= 15 is 0 Å². The normalized spacial score (nSPS) is 20.1. The number of ether oxygens (including phenoxy) is 2. The molecule has 124 valence electrons. The first-order valence-electron chi connectivity index (χ1n) is 7.83. The van der Waals surface area contributed by atoms with Crippen LogP contribution in [-0.2, 0) is 4.74 Å². The first-order valence-corrected chi connectivity index (χ1v) is 8.63. The van der Waals surface area contributed by atoms with Crippen LogP contribution in [-0.4, -0.2) is 44.3 Å². The van der Waals surface area contributed by atoms with Gasteiger partial charge in [-0.3, -0.25) is 0 Å². The summed E-state index contributed by atoms with van der Waals surface area (Å²) in [6.07, 6.45) is 3.86. The molecule has 1 unspecified atom stereocenters. The highest BCUT2D eigenvalue weighted by Gasteiger charge is 2.25. The Morgan fingerprint density at radius 3 is 3.09 bits per heavy atom. The highest BCUT2D eigenvalue weighted by Crippen LogP contribution is 2.37. The first-order chi connectivity index (χ1) is 11.1. The monoisotopic (exact) mass is 380 g/mol. The molecular weight excluding hydrogens is 360 g/mol. The highest BCUT2D eigenvalue weighted by atomic mass is 79.9. The van der Waals surface area contributed by atoms with Gasteiger partial charge in [-0.1, -0.05) is 18.2 Å². The molecule has 5 nitrogen and oxygen atoms in total. The minimum Gasteiger partial charge on any atom is -0.492 e. The van der Waals surface area contributed by atoms with E-state index in [-0.39, 0.29) is 12.1 Å². The number of urea groups is 1. The lowest BCUT2D eigenvalue weighted by Crippen LogP contribution is -2.42. The number of likely N-dealkylation sites (N-methyl/N-ethyl adjacent to an activating group) is 1. The van der Waals surface area contributed by atoms with E-state index < -0.39 is 0 Å². The van der Waals surface area contributed by atoms with Crippen molar-refractivity contribution < 1.29 is 14.3 Å². The second-order valence-electron chi connectivity index (χ2n) is 5.86. The van der Waals surface area contributed by atoms with E-state index in [2.05, 4.69) is 27.3 Å². The third-order valence-corrected chi connectivity index (χ3v) is 4.72. The Labute approximate surface area is 144 Å². The molecule has 2 aliphatic rings. The SMILES string of the molecule is CN(CC1=CCCOC1)C(=O)NC1CCOc2c(Br)cccc21. The van der Waals surface area contributed by atoms with Gasteiger partial charge in [0.05, 0.1) is 30.3 Å². The van der Waals surface area contributed by atoms with Crippen molar-refractivity contribution in [2.45, 2.75) is 18.9 Å². The molecule has 0 saturated carbocycles. The first kappa shape index (κ1) is 16.3. The molecule has 0 bridgehead atoms. The molecule has 0 aliphatic carbocycles. The summed E-state index contributed by atoms with van der Waals surface area (Å²) < 4.78 is 12.1. The predicted octanol–water partition coefficient (Wildman–Crippen LogP) is 3.26. The molecule has 0 saturated heterocycles. The summed E-state index contributed by atoms with van der Waals surface area (Å²) in [5, 5.41) is 3.11. The van der Waals surface area contributed by atoms with Gasteiger partial charge in [0.2, 0.25) is 0 Å². The summed E-state index contributed by atoms with van der Waals surface area (Å²) in [6.45, 7) is 2.58. The number of carbonyl (C=O) groups excluding carboxylic acids is 1. The van der Waals surface area contributed by atoms with Crippen LogP contribution in [0.15, 0.2) is 34.3 Å².